The van der Waals surface area contributed by atoms with Crippen LogP contribution in [0.25, 0.3) is 6.08 Å². The Morgan fingerprint density at radius 2 is 1.82 bits per heavy atom. The summed E-state index contributed by atoms with van der Waals surface area (Å²) in [5, 5.41) is 0. The second-order valence-electron chi connectivity index (χ2n) is 9.78. The second-order valence-corrected chi connectivity index (χ2v) is 11.9. The fourth-order valence-electron chi connectivity index (χ4n) is 4.62. The molecule has 0 amide bonds. The maximum atomic E-state index is 14.1. The van der Waals surface area contributed by atoms with Gasteiger partial charge >= 0.3 is 11.9 Å². The minimum Gasteiger partial charge on any atom is -0.493 e. The normalized spacial score (nSPS) is 14.6. The van der Waals surface area contributed by atoms with Crippen molar-refractivity contribution in [1.29, 1.82) is 0 Å². The second kappa shape index (κ2) is 14.3. The molecule has 13 heteroatoms. The van der Waals surface area contributed by atoms with Crippen molar-refractivity contribution in [3.63, 3.8) is 0 Å². The standard InChI is InChI=1S/C31H33IN2O9S/c1-8-41-30(37)26-17(4)33-31-34(27(26)19-9-10-21(43-16(2)3)22(14-19)38-5)29(36)24(44-31)13-18-11-20(32)28(23(12-18)39-6)42-15-25(35)40-7/h9-14,16,27H,8,15H2,1-7H3/b24-13-/t27-/m0/s1. The first-order chi connectivity index (χ1) is 21.0. The van der Waals surface area contributed by atoms with Crippen LogP contribution in [0.5, 0.6) is 23.0 Å². The largest absolute Gasteiger partial charge is 0.493 e. The number of halogens is 1. The number of ether oxygens (including phenoxy) is 6. The van der Waals surface area contributed by atoms with Crippen LogP contribution in [0.1, 0.15) is 44.9 Å². The third-order valence-electron chi connectivity index (χ3n) is 6.49. The molecule has 0 spiro atoms. The first-order valence-electron chi connectivity index (χ1n) is 13.6. The third kappa shape index (κ3) is 6.93. The van der Waals surface area contributed by atoms with Gasteiger partial charge in [-0.2, -0.15) is 0 Å². The highest BCUT2D eigenvalue weighted by molar-refractivity contribution is 14.1. The molecule has 234 valence electrons. The van der Waals surface area contributed by atoms with Crippen LogP contribution in [0.3, 0.4) is 0 Å². The predicted octanol–water partition coefficient (Wildman–Crippen LogP) is 3.76. The number of benzene rings is 2. The molecule has 3 aromatic rings. The molecular weight excluding hydrogens is 703 g/mol. The Labute approximate surface area is 271 Å². The van der Waals surface area contributed by atoms with Gasteiger partial charge in [-0.3, -0.25) is 9.36 Å². The molecule has 0 aliphatic carbocycles. The van der Waals surface area contributed by atoms with Gasteiger partial charge < -0.3 is 28.4 Å². The lowest BCUT2D eigenvalue weighted by Gasteiger charge is -2.25. The van der Waals surface area contributed by atoms with Gasteiger partial charge in [0, 0.05) is 0 Å². The summed E-state index contributed by atoms with van der Waals surface area (Å²) in [7, 11) is 4.30. The van der Waals surface area contributed by atoms with Crippen molar-refractivity contribution >= 4 is 51.9 Å². The van der Waals surface area contributed by atoms with Crippen LogP contribution in [-0.2, 0) is 19.1 Å². The summed E-state index contributed by atoms with van der Waals surface area (Å²) in [6, 6.07) is 8.02. The summed E-state index contributed by atoms with van der Waals surface area (Å²) in [5.74, 6) is 0.683. The highest BCUT2D eigenvalue weighted by Gasteiger charge is 2.34. The number of carbonyl (C=O) groups is 2. The summed E-state index contributed by atoms with van der Waals surface area (Å²) in [6.45, 7) is 7.16. The van der Waals surface area contributed by atoms with E-state index < -0.39 is 18.0 Å². The van der Waals surface area contributed by atoms with E-state index in [4.69, 9.17) is 23.7 Å². The van der Waals surface area contributed by atoms with Gasteiger partial charge in [-0.05, 0) is 91.8 Å². The number of methoxy groups -OCH3 is 3. The van der Waals surface area contributed by atoms with Crippen molar-refractivity contribution in [3.05, 3.63) is 76.0 Å². The van der Waals surface area contributed by atoms with E-state index in [1.54, 1.807) is 50.3 Å². The molecular formula is C31H33IN2O9S. The summed E-state index contributed by atoms with van der Waals surface area (Å²) in [6.07, 6.45) is 1.64. The van der Waals surface area contributed by atoms with Gasteiger partial charge in [0.1, 0.15) is 0 Å². The number of fused-ring (bicyclic) bond motifs is 1. The smallest absolute Gasteiger partial charge is 0.343 e. The fraction of sp³-hybridized carbons (Fsp3) is 0.355. The molecule has 1 atom stereocenters. The number of esters is 2. The van der Waals surface area contributed by atoms with Gasteiger partial charge in [0.15, 0.2) is 34.4 Å². The molecule has 2 heterocycles. The number of hydrogen-bond acceptors (Lipinski definition) is 11. The van der Waals surface area contributed by atoms with E-state index >= 15 is 0 Å². The van der Waals surface area contributed by atoms with Gasteiger partial charge in [-0.15, -0.1) is 0 Å². The van der Waals surface area contributed by atoms with Crippen LogP contribution in [0.4, 0.5) is 0 Å². The molecule has 0 N–H and O–H groups in total. The summed E-state index contributed by atoms with van der Waals surface area (Å²) in [5.41, 5.74) is 1.66. The Balaban J connectivity index is 1.88. The lowest BCUT2D eigenvalue weighted by molar-refractivity contribution is -0.143. The zero-order valence-electron chi connectivity index (χ0n) is 25.4. The number of aromatic nitrogens is 1. The van der Waals surface area contributed by atoms with Crippen molar-refractivity contribution in [2.75, 3.05) is 34.5 Å². The predicted molar refractivity (Wildman–Crippen MR) is 172 cm³/mol. The third-order valence-corrected chi connectivity index (χ3v) is 8.28. The van der Waals surface area contributed by atoms with Crippen LogP contribution < -0.4 is 33.8 Å². The molecule has 11 nitrogen and oxygen atoms in total. The summed E-state index contributed by atoms with van der Waals surface area (Å²) in [4.78, 5) is 44.0. The van der Waals surface area contributed by atoms with Crippen molar-refractivity contribution in [2.45, 2.75) is 39.8 Å². The van der Waals surface area contributed by atoms with Crippen LogP contribution in [0.2, 0.25) is 0 Å². The van der Waals surface area contributed by atoms with Gasteiger partial charge in [0.05, 0.1) is 59.5 Å². The molecule has 4 rings (SSSR count). The SMILES string of the molecule is CCOC(=O)C1=C(C)N=c2s/c(=C\c3cc(I)c(OCC(=O)OC)c(OC)c3)c(=O)n2[C@H]1c1ccc(OC(C)C)c(OC)c1. The topological polar surface area (TPSA) is 124 Å². The van der Waals surface area contributed by atoms with Gasteiger partial charge in [0.25, 0.3) is 5.56 Å². The van der Waals surface area contributed by atoms with Crippen LogP contribution >= 0.6 is 33.9 Å². The number of nitrogens with zero attached hydrogens (tertiary/aromatic N) is 2. The lowest BCUT2D eigenvalue weighted by Crippen LogP contribution is -2.40. The molecule has 1 aromatic heterocycles. The molecule has 0 bridgehead atoms. The van der Waals surface area contributed by atoms with E-state index in [1.165, 1.54) is 37.2 Å². The van der Waals surface area contributed by atoms with Crippen molar-refractivity contribution < 1.29 is 38.0 Å². The Hall–Kier alpha value is -3.85. The van der Waals surface area contributed by atoms with Crippen LogP contribution in [0.15, 0.2) is 51.4 Å². The molecule has 0 saturated heterocycles. The highest BCUT2D eigenvalue weighted by atomic mass is 127. The Bertz CT molecular complexity index is 1790. The Morgan fingerprint density at radius 3 is 2.45 bits per heavy atom. The maximum Gasteiger partial charge on any atom is 0.343 e. The molecule has 2 aromatic carbocycles. The Morgan fingerprint density at radius 1 is 1.09 bits per heavy atom. The molecule has 0 unspecified atom stereocenters. The van der Waals surface area contributed by atoms with Crippen molar-refractivity contribution in [1.82, 2.24) is 4.57 Å². The number of thiazole rings is 1. The number of carbonyl (C=O) groups excluding carboxylic acids is 2. The first kappa shape index (κ1) is 33.1. The van der Waals surface area contributed by atoms with E-state index in [0.717, 1.165) is 0 Å². The van der Waals surface area contributed by atoms with Gasteiger partial charge in [0.2, 0.25) is 0 Å². The molecule has 1 aliphatic heterocycles. The van der Waals surface area contributed by atoms with E-state index in [1.807, 2.05) is 13.8 Å². The van der Waals surface area contributed by atoms with E-state index in [-0.39, 0.29) is 30.5 Å². The van der Waals surface area contributed by atoms with Gasteiger partial charge in [-0.25, -0.2) is 14.6 Å². The molecule has 0 fully saturated rings. The monoisotopic (exact) mass is 736 g/mol. The minimum atomic E-state index is -0.821. The van der Waals surface area contributed by atoms with E-state index in [0.29, 0.717) is 52.7 Å². The maximum absolute atomic E-state index is 14.1. The number of allylic oxidation sites excluding steroid dienone is 1. The van der Waals surface area contributed by atoms with E-state index in [2.05, 4.69) is 32.3 Å². The average Bonchev–Trinajstić information content (AvgIpc) is 3.29. The quantitative estimate of drug-likeness (QED) is 0.214. The fourth-order valence-corrected chi connectivity index (χ4v) is 6.44. The average molecular weight is 737 g/mol. The number of rotatable bonds is 11. The zero-order valence-corrected chi connectivity index (χ0v) is 28.4. The van der Waals surface area contributed by atoms with Crippen molar-refractivity contribution in [2.24, 2.45) is 4.99 Å². The zero-order chi connectivity index (χ0) is 32.1. The first-order valence-corrected chi connectivity index (χ1v) is 15.5. The summed E-state index contributed by atoms with van der Waals surface area (Å²) >= 11 is 3.27. The molecule has 44 heavy (non-hydrogen) atoms. The lowest BCUT2D eigenvalue weighted by atomic mass is 9.95. The van der Waals surface area contributed by atoms with E-state index in [9.17, 15) is 14.4 Å². The molecule has 0 saturated carbocycles. The number of hydrogen-bond donors (Lipinski definition) is 0. The highest BCUT2D eigenvalue weighted by Crippen LogP contribution is 2.37. The van der Waals surface area contributed by atoms with Crippen LogP contribution in [0, 0.1) is 3.57 Å². The summed E-state index contributed by atoms with van der Waals surface area (Å²) < 4.78 is 35.2. The Kier molecular flexibility index (Phi) is 10.7. The van der Waals surface area contributed by atoms with Crippen molar-refractivity contribution in [3.8, 4) is 23.0 Å². The minimum absolute atomic E-state index is 0.0835. The van der Waals surface area contributed by atoms with Crippen LogP contribution in [-0.4, -0.2) is 57.2 Å². The molecule has 1 aliphatic rings. The van der Waals surface area contributed by atoms with Gasteiger partial charge in [-0.1, -0.05) is 17.4 Å². The molecule has 0 radical (unpaired) electrons.